The molecule has 2 atom stereocenters. The lowest BCUT2D eigenvalue weighted by Gasteiger charge is -2.32. The largest absolute Gasteiger partial charge is 0.483 e. The zero-order valence-corrected chi connectivity index (χ0v) is 23.0. The minimum atomic E-state index is -0.674. The summed E-state index contributed by atoms with van der Waals surface area (Å²) in [5.41, 5.74) is 6.30. The van der Waals surface area contributed by atoms with E-state index in [4.69, 9.17) is 4.74 Å². The predicted molar refractivity (Wildman–Crippen MR) is 150 cm³/mol. The fraction of sp³-hybridized carbons (Fsp3) is 0.375. The molecule has 0 spiro atoms. The van der Waals surface area contributed by atoms with E-state index in [9.17, 15) is 9.59 Å². The van der Waals surface area contributed by atoms with Gasteiger partial charge < -0.3 is 15.0 Å². The lowest BCUT2D eigenvalue weighted by molar-refractivity contribution is -0.143. The topological polar surface area (TPSA) is 58.6 Å². The van der Waals surface area contributed by atoms with Crippen molar-refractivity contribution >= 4 is 11.8 Å². The first-order valence-electron chi connectivity index (χ1n) is 13.1. The number of nitrogens with one attached hydrogen (secondary N) is 1. The van der Waals surface area contributed by atoms with Crippen LogP contribution in [0.15, 0.2) is 66.7 Å². The molecule has 0 saturated heterocycles. The van der Waals surface area contributed by atoms with E-state index in [2.05, 4.69) is 11.4 Å². The lowest BCUT2D eigenvalue weighted by Crippen LogP contribution is -2.53. The molecule has 0 aliphatic carbocycles. The lowest BCUT2D eigenvalue weighted by atomic mass is 10.0. The van der Waals surface area contributed by atoms with E-state index in [1.165, 1.54) is 0 Å². The number of amides is 2. The van der Waals surface area contributed by atoms with E-state index in [-0.39, 0.29) is 24.5 Å². The minimum Gasteiger partial charge on any atom is -0.483 e. The maximum atomic E-state index is 13.8. The average molecular weight is 501 g/mol. The highest BCUT2D eigenvalue weighted by molar-refractivity contribution is 5.88. The zero-order chi connectivity index (χ0) is 26.9. The number of hydrogen-bond donors (Lipinski definition) is 1. The summed E-state index contributed by atoms with van der Waals surface area (Å²) in [7, 11) is 0. The highest BCUT2D eigenvalue weighted by Crippen LogP contribution is 2.24. The number of hydrogen-bond acceptors (Lipinski definition) is 3. The molecule has 0 radical (unpaired) electrons. The molecule has 0 aromatic heterocycles. The number of carbonyl (C=O) groups excluding carboxylic acids is 2. The van der Waals surface area contributed by atoms with Crippen molar-refractivity contribution in [2.24, 2.45) is 0 Å². The van der Waals surface area contributed by atoms with Gasteiger partial charge in [0, 0.05) is 19.0 Å². The van der Waals surface area contributed by atoms with Crippen LogP contribution < -0.4 is 10.1 Å². The Labute approximate surface area is 221 Å². The van der Waals surface area contributed by atoms with Crippen LogP contribution in [0.1, 0.15) is 53.6 Å². The zero-order valence-electron chi connectivity index (χ0n) is 23.0. The summed E-state index contributed by atoms with van der Waals surface area (Å²) in [5, 5.41) is 3.11. The number of carbonyl (C=O) groups is 2. The van der Waals surface area contributed by atoms with Crippen LogP contribution in [0, 0.1) is 27.7 Å². The normalized spacial score (nSPS) is 12.5. The highest BCUT2D eigenvalue weighted by atomic mass is 16.5. The maximum absolute atomic E-state index is 13.8. The molecule has 3 rings (SSSR count). The molecule has 5 heteroatoms. The second-order valence-corrected chi connectivity index (χ2v) is 9.97. The molecule has 0 aliphatic rings. The predicted octanol–water partition coefficient (Wildman–Crippen LogP) is 5.85. The quantitative estimate of drug-likeness (QED) is 0.359. The Bertz CT molecular complexity index is 1210. The number of benzene rings is 3. The Morgan fingerprint density at radius 2 is 1.59 bits per heavy atom. The second kappa shape index (κ2) is 13.1. The van der Waals surface area contributed by atoms with Crippen LogP contribution in [0.4, 0.5) is 0 Å². The number of aryl methyl sites for hydroxylation is 3. The summed E-state index contributed by atoms with van der Waals surface area (Å²) in [6, 6.07) is 21.2. The first-order valence-corrected chi connectivity index (χ1v) is 13.1. The Morgan fingerprint density at radius 3 is 2.27 bits per heavy atom. The van der Waals surface area contributed by atoms with Crippen molar-refractivity contribution in [2.75, 3.05) is 6.61 Å². The van der Waals surface area contributed by atoms with Gasteiger partial charge in [-0.15, -0.1) is 0 Å². The van der Waals surface area contributed by atoms with Crippen molar-refractivity contribution in [3.8, 4) is 5.75 Å². The van der Waals surface area contributed by atoms with Gasteiger partial charge in [-0.25, -0.2) is 0 Å². The molecule has 0 aliphatic heterocycles. The van der Waals surface area contributed by atoms with E-state index >= 15 is 0 Å². The van der Waals surface area contributed by atoms with Gasteiger partial charge in [0.1, 0.15) is 11.8 Å². The number of rotatable bonds is 11. The van der Waals surface area contributed by atoms with Crippen LogP contribution in [0.25, 0.3) is 0 Å². The summed E-state index contributed by atoms with van der Waals surface area (Å²) >= 11 is 0. The molecule has 37 heavy (non-hydrogen) atoms. The van der Waals surface area contributed by atoms with Crippen molar-refractivity contribution in [1.29, 1.82) is 0 Å². The molecule has 0 bridgehead atoms. The molecule has 2 amide bonds. The number of ether oxygens (including phenoxy) is 1. The van der Waals surface area contributed by atoms with Crippen molar-refractivity contribution < 1.29 is 14.3 Å². The third-order valence-corrected chi connectivity index (χ3v) is 6.99. The van der Waals surface area contributed by atoms with Crippen molar-refractivity contribution in [1.82, 2.24) is 10.2 Å². The van der Waals surface area contributed by atoms with Gasteiger partial charge in [-0.05, 0) is 80.5 Å². The van der Waals surface area contributed by atoms with Crippen molar-refractivity contribution in [2.45, 2.75) is 73.0 Å². The average Bonchev–Trinajstić information content (AvgIpc) is 2.88. The van der Waals surface area contributed by atoms with E-state index in [1.54, 1.807) is 4.90 Å². The molecular weight excluding hydrogens is 460 g/mol. The van der Waals surface area contributed by atoms with E-state index < -0.39 is 6.04 Å². The molecule has 0 fully saturated rings. The van der Waals surface area contributed by atoms with Gasteiger partial charge in [-0.1, -0.05) is 67.6 Å². The third-order valence-electron chi connectivity index (χ3n) is 6.99. The van der Waals surface area contributed by atoms with Crippen LogP contribution >= 0.6 is 0 Å². The molecular formula is C32H40N2O3. The van der Waals surface area contributed by atoms with Gasteiger partial charge in [0.05, 0.1) is 0 Å². The summed E-state index contributed by atoms with van der Waals surface area (Å²) in [6.45, 7) is 12.3. The summed E-state index contributed by atoms with van der Waals surface area (Å²) in [6.07, 6.45) is 1.23. The molecule has 0 heterocycles. The van der Waals surface area contributed by atoms with E-state index in [0.29, 0.717) is 18.7 Å². The van der Waals surface area contributed by atoms with Gasteiger partial charge in [0.2, 0.25) is 5.91 Å². The Hall–Kier alpha value is -3.60. The third kappa shape index (κ3) is 7.69. The smallest absolute Gasteiger partial charge is 0.261 e. The van der Waals surface area contributed by atoms with Crippen LogP contribution in [0.5, 0.6) is 5.75 Å². The monoisotopic (exact) mass is 500 g/mol. The molecule has 0 saturated carbocycles. The van der Waals surface area contributed by atoms with Crippen LogP contribution in [-0.4, -0.2) is 35.4 Å². The van der Waals surface area contributed by atoms with Crippen LogP contribution in [0.2, 0.25) is 0 Å². The Morgan fingerprint density at radius 1 is 0.919 bits per heavy atom. The molecule has 3 aromatic carbocycles. The SMILES string of the molecule is CC[C@H](C)NC(=O)[C@@H](Cc1ccccc1)N(Cc1ccccc1C)C(=O)COc1cc(C)cc(C)c1C. The molecule has 0 unspecified atom stereocenters. The standard InChI is InChI=1S/C32H40N2O3/c1-7-25(5)33-32(36)29(19-27-14-9-8-10-15-27)34(20-28-16-12-11-13-23(28)3)31(35)21-37-30-18-22(2)17-24(4)26(30)6/h8-18,25,29H,7,19-21H2,1-6H3,(H,33,36)/t25-,29+/m0/s1. The van der Waals surface area contributed by atoms with Gasteiger partial charge in [-0.2, -0.15) is 0 Å². The Kier molecular flexibility index (Phi) is 9.90. The fourth-order valence-electron chi connectivity index (χ4n) is 4.34. The first kappa shape index (κ1) is 28.0. The maximum Gasteiger partial charge on any atom is 0.261 e. The first-order chi connectivity index (χ1) is 17.7. The summed E-state index contributed by atoms with van der Waals surface area (Å²) in [5.74, 6) is 0.329. The van der Waals surface area contributed by atoms with E-state index in [0.717, 1.165) is 39.8 Å². The van der Waals surface area contributed by atoms with Crippen molar-refractivity contribution in [3.05, 3.63) is 100 Å². The van der Waals surface area contributed by atoms with Crippen LogP contribution in [-0.2, 0) is 22.6 Å². The van der Waals surface area contributed by atoms with Gasteiger partial charge in [0.15, 0.2) is 6.61 Å². The second-order valence-electron chi connectivity index (χ2n) is 9.97. The molecule has 1 N–H and O–H groups in total. The van der Waals surface area contributed by atoms with Gasteiger partial charge in [-0.3, -0.25) is 9.59 Å². The molecule has 196 valence electrons. The molecule has 5 nitrogen and oxygen atoms in total. The summed E-state index contributed by atoms with van der Waals surface area (Å²) < 4.78 is 6.07. The van der Waals surface area contributed by atoms with Gasteiger partial charge >= 0.3 is 0 Å². The minimum absolute atomic E-state index is 0.00959. The summed E-state index contributed by atoms with van der Waals surface area (Å²) in [4.78, 5) is 29.1. The van der Waals surface area contributed by atoms with Crippen LogP contribution in [0.3, 0.4) is 0 Å². The molecule has 3 aromatic rings. The fourth-order valence-corrected chi connectivity index (χ4v) is 4.34. The van der Waals surface area contributed by atoms with Crippen molar-refractivity contribution in [3.63, 3.8) is 0 Å². The number of nitrogens with zero attached hydrogens (tertiary/aromatic N) is 1. The van der Waals surface area contributed by atoms with Gasteiger partial charge in [0.25, 0.3) is 5.91 Å². The van der Waals surface area contributed by atoms with E-state index in [1.807, 2.05) is 102 Å². The highest BCUT2D eigenvalue weighted by Gasteiger charge is 2.31. The Balaban J connectivity index is 1.96.